The van der Waals surface area contributed by atoms with Gasteiger partial charge in [0.1, 0.15) is 0 Å². The number of benzene rings is 2. The zero-order chi connectivity index (χ0) is 16.0. The second-order valence-corrected chi connectivity index (χ2v) is 6.26. The van der Waals surface area contributed by atoms with Gasteiger partial charge in [0.05, 0.1) is 29.5 Å². The highest BCUT2D eigenvalue weighted by atomic mass is 35.5. The molecule has 0 spiro atoms. The van der Waals surface area contributed by atoms with Crippen molar-refractivity contribution < 1.29 is 4.79 Å². The topological polar surface area (TPSA) is 53.2 Å². The largest absolute Gasteiger partial charge is 0.372 e. The van der Waals surface area contributed by atoms with E-state index in [0.29, 0.717) is 17.1 Å². The Morgan fingerprint density at radius 3 is 2.70 bits per heavy atom. The van der Waals surface area contributed by atoms with Crippen molar-refractivity contribution in [1.29, 1.82) is 0 Å². The van der Waals surface area contributed by atoms with Gasteiger partial charge in [0.25, 0.3) is 5.91 Å². The summed E-state index contributed by atoms with van der Waals surface area (Å²) in [6.07, 6.45) is 0. The van der Waals surface area contributed by atoms with Gasteiger partial charge in [-0.05, 0) is 36.2 Å². The molecule has 4 nitrogen and oxygen atoms in total. The zero-order valence-corrected chi connectivity index (χ0v) is 13.4. The highest BCUT2D eigenvalue weighted by Gasteiger charge is 2.34. The highest BCUT2D eigenvalue weighted by molar-refractivity contribution is 6.31. The molecule has 116 valence electrons. The van der Waals surface area contributed by atoms with Gasteiger partial charge in [0.15, 0.2) is 0 Å². The lowest BCUT2D eigenvalue weighted by Gasteiger charge is -2.21. The van der Waals surface area contributed by atoms with Crippen LogP contribution in [-0.2, 0) is 4.79 Å². The molecule has 2 aromatic carbocycles. The number of carbonyl (C=O) groups excluding carboxylic acids is 1. The van der Waals surface area contributed by atoms with Crippen LogP contribution < -0.4 is 16.0 Å². The van der Waals surface area contributed by atoms with E-state index >= 15 is 0 Å². The van der Waals surface area contributed by atoms with Crippen molar-refractivity contribution in [2.24, 2.45) is 0 Å². The number of aryl methyl sites for hydroxylation is 1. The Morgan fingerprint density at radius 2 is 1.91 bits per heavy atom. The minimum absolute atomic E-state index is 0.0607. The lowest BCUT2D eigenvalue weighted by atomic mass is 9.96. The van der Waals surface area contributed by atoms with Crippen molar-refractivity contribution in [2.75, 3.05) is 17.2 Å². The van der Waals surface area contributed by atoms with Crippen LogP contribution in [-0.4, -0.2) is 12.5 Å². The van der Waals surface area contributed by atoms with E-state index < -0.39 is 0 Å². The quantitative estimate of drug-likeness (QED) is 0.750. The number of halogens is 1. The van der Waals surface area contributed by atoms with Crippen molar-refractivity contribution in [3.63, 3.8) is 0 Å². The Morgan fingerprint density at radius 1 is 1.13 bits per heavy atom. The Balaban J connectivity index is 1.89. The summed E-state index contributed by atoms with van der Waals surface area (Å²) >= 11 is 6.47. The van der Waals surface area contributed by atoms with Crippen molar-refractivity contribution in [3.05, 3.63) is 69.9 Å². The number of anilines is 2. The first-order valence-corrected chi connectivity index (χ1v) is 7.91. The molecule has 2 aliphatic heterocycles. The third kappa shape index (κ3) is 2.35. The summed E-state index contributed by atoms with van der Waals surface area (Å²) in [7, 11) is 0. The van der Waals surface area contributed by atoms with Crippen LogP contribution in [0.4, 0.5) is 11.4 Å². The molecule has 4 rings (SSSR count). The molecule has 2 aromatic rings. The molecular formula is C18H16ClN3O. The van der Waals surface area contributed by atoms with Crippen LogP contribution in [0, 0.1) is 6.92 Å². The fourth-order valence-corrected chi connectivity index (χ4v) is 3.46. The van der Waals surface area contributed by atoms with Gasteiger partial charge in [0, 0.05) is 10.7 Å². The van der Waals surface area contributed by atoms with Gasteiger partial charge in [-0.15, -0.1) is 0 Å². The van der Waals surface area contributed by atoms with Crippen molar-refractivity contribution in [3.8, 4) is 0 Å². The van der Waals surface area contributed by atoms with Crippen molar-refractivity contribution in [1.82, 2.24) is 5.32 Å². The van der Waals surface area contributed by atoms with Gasteiger partial charge in [-0.1, -0.05) is 35.9 Å². The number of rotatable bonds is 1. The molecule has 0 aliphatic carbocycles. The van der Waals surface area contributed by atoms with E-state index in [0.717, 1.165) is 28.2 Å². The van der Waals surface area contributed by atoms with Crippen LogP contribution >= 0.6 is 11.6 Å². The summed E-state index contributed by atoms with van der Waals surface area (Å²) in [6, 6.07) is 13.6. The Kier molecular flexibility index (Phi) is 3.27. The maximum Gasteiger partial charge on any atom is 0.251 e. The summed E-state index contributed by atoms with van der Waals surface area (Å²) in [4.78, 5) is 12.4. The van der Waals surface area contributed by atoms with Crippen LogP contribution in [0.5, 0.6) is 0 Å². The average Bonchev–Trinajstić information content (AvgIpc) is 2.79. The molecule has 0 bridgehead atoms. The second-order valence-electron chi connectivity index (χ2n) is 5.85. The standard InChI is InChI=1S/C18H16ClN3O/c1-10-6-7-11(12(19)8-10)17-16-15(9-20-18(16)23)21-13-4-2-3-5-14(13)22-17/h2-8,17,21-22H,9H2,1H3,(H,20,23). The van der Waals surface area contributed by atoms with Crippen LogP contribution in [0.1, 0.15) is 17.2 Å². The molecule has 1 unspecified atom stereocenters. The first-order chi connectivity index (χ1) is 11.1. The maximum absolute atomic E-state index is 12.4. The molecule has 0 saturated carbocycles. The zero-order valence-electron chi connectivity index (χ0n) is 12.6. The van der Waals surface area contributed by atoms with Gasteiger partial charge in [-0.2, -0.15) is 0 Å². The van der Waals surface area contributed by atoms with Gasteiger partial charge in [0.2, 0.25) is 0 Å². The number of amides is 1. The number of fused-ring (bicyclic) bond motifs is 1. The molecule has 2 aliphatic rings. The van der Waals surface area contributed by atoms with Crippen LogP contribution in [0.2, 0.25) is 5.02 Å². The van der Waals surface area contributed by atoms with Gasteiger partial charge < -0.3 is 16.0 Å². The minimum Gasteiger partial charge on any atom is -0.372 e. The maximum atomic E-state index is 12.4. The van der Waals surface area contributed by atoms with E-state index in [-0.39, 0.29) is 11.9 Å². The Bertz CT molecular complexity index is 844. The van der Waals surface area contributed by atoms with Crippen LogP contribution in [0.15, 0.2) is 53.7 Å². The molecular weight excluding hydrogens is 310 g/mol. The summed E-state index contributed by atoms with van der Waals surface area (Å²) in [5.41, 5.74) is 5.51. The number of para-hydroxylation sites is 2. The number of hydrogen-bond donors (Lipinski definition) is 3. The van der Waals surface area contributed by atoms with E-state index in [4.69, 9.17) is 11.6 Å². The first-order valence-electron chi connectivity index (χ1n) is 7.53. The molecule has 2 heterocycles. The molecule has 0 fully saturated rings. The average molecular weight is 326 g/mol. The number of nitrogens with one attached hydrogen (secondary N) is 3. The SMILES string of the molecule is Cc1ccc(C2Nc3ccccc3NC3=C2C(=O)NC3)c(Cl)c1. The number of hydrogen-bond acceptors (Lipinski definition) is 3. The third-order valence-electron chi connectivity index (χ3n) is 4.26. The lowest BCUT2D eigenvalue weighted by molar-refractivity contribution is -0.116. The molecule has 1 atom stereocenters. The number of carbonyl (C=O) groups is 1. The normalized spacial score (nSPS) is 19.2. The third-order valence-corrected chi connectivity index (χ3v) is 4.59. The van der Waals surface area contributed by atoms with E-state index in [1.165, 1.54) is 0 Å². The van der Waals surface area contributed by atoms with E-state index in [1.807, 2.05) is 49.4 Å². The van der Waals surface area contributed by atoms with Gasteiger partial charge in [-0.3, -0.25) is 4.79 Å². The molecule has 3 N–H and O–H groups in total. The van der Waals surface area contributed by atoms with Gasteiger partial charge >= 0.3 is 0 Å². The van der Waals surface area contributed by atoms with Crippen molar-refractivity contribution in [2.45, 2.75) is 13.0 Å². The van der Waals surface area contributed by atoms with E-state index in [9.17, 15) is 4.79 Å². The summed E-state index contributed by atoms with van der Waals surface area (Å²) in [6.45, 7) is 2.50. The molecule has 0 saturated heterocycles. The molecule has 1 amide bonds. The first kappa shape index (κ1) is 14.2. The Labute approximate surface area is 139 Å². The van der Waals surface area contributed by atoms with Crippen molar-refractivity contribution >= 4 is 28.9 Å². The Hall–Kier alpha value is -2.46. The van der Waals surface area contributed by atoms with E-state index in [2.05, 4.69) is 16.0 Å². The van der Waals surface area contributed by atoms with Gasteiger partial charge in [-0.25, -0.2) is 0 Å². The molecule has 5 heteroatoms. The lowest BCUT2D eigenvalue weighted by Crippen LogP contribution is -2.24. The molecule has 0 aromatic heterocycles. The van der Waals surface area contributed by atoms with E-state index in [1.54, 1.807) is 0 Å². The smallest absolute Gasteiger partial charge is 0.251 e. The molecule has 23 heavy (non-hydrogen) atoms. The fraction of sp³-hybridized carbons (Fsp3) is 0.167. The predicted octanol–water partition coefficient (Wildman–Crippen LogP) is 3.61. The fourth-order valence-electron chi connectivity index (χ4n) is 3.12. The molecule has 0 radical (unpaired) electrons. The monoisotopic (exact) mass is 325 g/mol. The minimum atomic E-state index is -0.281. The predicted molar refractivity (Wildman–Crippen MR) is 92.7 cm³/mol. The summed E-state index contributed by atoms with van der Waals surface area (Å²) in [5, 5.41) is 10.4. The van der Waals surface area contributed by atoms with Crippen LogP contribution in [0.3, 0.4) is 0 Å². The highest BCUT2D eigenvalue weighted by Crippen LogP contribution is 2.39. The summed E-state index contributed by atoms with van der Waals surface area (Å²) < 4.78 is 0. The van der Waals surface area contributed by atoms with Crippen LogP contribution in [0.25, 0.3) is 0 Å². The summed E-state index contributed by atoms with van der Waals surface area (Å²) in [5.74, 6) is -0.0607. The second kappa shape index (κ2) is 5.32.